The fourth-order valence-corrected chi connectivity index (χ4v) is 4.46. The summed E-state index contributed by atoms with van der Waals surface area (Å²) in [6.07, 6.45) is 7.86. The van der Waals surface area contributed by atoms with Crippen molar-refractivity contribution in [3.8, 4) is 17.0 Å². The van der Waals surface area contributed by atoms with Gasteiger partial charge in [0.05, 0.1) is 17.2 Å². The van der Waals surface area contributed by atoms with Gasteiger partial charge in [-0.2, -0.15) is 0 Å². The molecule has 2 aromatic rings. The molecule has 0 radical (unpaired) electrons. The molecule has 1 aromatic heterocycles. The van der Waals surface area contributed by atoms with Crippen molar-refractivity contribution in [2.75, 3.05) is 6.61 Å². The largest absolute Gasteiger partial charge is 0.493 e. The lowest BCUT2D eigenvalue weighted by Gasteiger charge is -2.29. The van der Waals surface area contributed by atoms with Crippen LogP contribution in [0.3, 0.4) is 0 Å². The molecule has 2 rings (SSSR count). The zero-order chi connectivity index (χ0) is 19.9. The Hall–Kier alpha value is -1.54. The van der Waals surface area contributed by atoms with Crippen molar-refractivity contribution in [2.45, 2.75) is 78.0 Å². The molecule has 0 N–H and O–H groups in total. The van der Waals surface area contributed by atoms with Crippen molar-refractivity contribution in [1.82, 2.24) is 4.98 Å². The lowest BCUT2D eigenvalue weighted by atomic mass is 9.88. The van der Waals surface area contributed by atoms with Gasteiger partial charge in [0, 0.05) is 23.4 Å². The Bertz CT molecular complexity index is 713. The van der Waals surface area contributed by atoms with Crippen LogP contribution in [-0.4, -0.2) is 11.6 Å². The van der Waals surface area contributed by atoms with E-state index < -0.39 is 4.87 Å². The molecule has 0 aliphatic carbocycles. The Morgan fingerprint density at radius 3 is 2.04 bits per heavy atom. The van der Waals surface area contributed by atoms with Crippen LogP contribution in [0, 0.1) is 0 Å². The van der Waals surface area contributed by atoms with E-state index in [-0.39, 0.29) is 0 Å². The fourth-order valence-electron chi connectivity index (χ4n) is 3.94. The van der Waals surface area contributed by atoms with Crippen LogP contribution < -0.4 is 4.74 Å². The van der Waals surface area contributed by atoms with E-state index in [1.807, 2.05) is 13.1 Å². The summed E-state index contributed by atoms with van der Waals surface area (Å²) < 4.78 is 6.06. The van der Waals surface area contributed by atoms with Crippen molar-refractivity contribution >= 4 is 11.6 Å². The molecule has 3 heteroatoms. The summed E-state index contributed by atoms with van der Waals surface area (Å²) in [7, 11) is 0. The summed E-state index contributed by atoms with van der Waals surface area (Å²) in [5, 5.41) is 0. The first-order valence-electron chi connectivity index (χ1n) is 10.5. The number of hydrogen-bond donors (Lipinski definition) is 0. The third-order valence-electron chi connectivity index (χ3n) is 5.20. The zero-order valence-corrected chi connectivity index (χ0v) is 18.3. The standard InChI is InChI=1S/C24H34ClNO/c1-6-14-24(25,15-7-2)20-17-26-21(16-22(20)27-10-5)23-18(8-3)12-11-13-19(23)9-4/h11-13,16-17H,6-10,14-15H2,1-5H3. The van der Waals surface area contributed by atoms with E-state index in [1.165, 1.54) is 16.7 Å². The van der Waals surface area contributed by atoms with E-state index in [0.29, 0.717) is 6.61 Å². The highest BCUT2D eigenvalue weighted by Gasteiger charge is 2.32. The van der Waals surface area contributed by atoms with Crippen molar-refractivity contribution in [3.63, 3.8) is 0 Å². The predicted molar refractivity (Wildman–Crippen MR) is 117 cm³/mol. The molecule has 0 spiro atoms. The number of pyridine rings is 1. The summed E-state index contributed by atoms with van der Waals surface area (Å²) in [6, 6.07) is 8.65. The Labute approximate surface area is 170 Å². The second kappa shape index (κ2) is 10.1. The minimum atomic E-state index is -0.405. The van der Waals surface area contributed by atoms with Crippen LogP contribution in [-0.2, 0) is 17.7 Å². The van der Waals surface area contributed by atoms with Gasteiger partial charge in [0.15, 0.2) is 0 Å². The number of alkyl halides is 1. The SMILES string of the molecule is CCCC(Cl)(CCC)c1cnc(-c2c(CC)cccc2CC)cc1OCC. The van der Waals surface area contributed by atoms with E-state index in [2.05, 4.69) is 52.0 Å². The lowest BCUT2D eigenvalue weighted by Crippen LogP contribution is -2.20. The molecule has 0 bridgehead atoms. The van der Waals surface area contributed by atoms with Gasteiger partial charge in [-0.15, -0.1) is 11.6 Å². The predicted octanol–water partition coefficient (Wildman–Crippen LogP) is 7.31. The Kier molecular flexibility index (Phi) is 8.16. The first-order chi connectivity index (χ1) is 13.0. The molecule has 148 valence electrons. The quantitative estimate of drug-likeness (QED) is 0.399. The summed E-state index contributed by atoms with van der Waals surface area (Å²) in [5.41, 5.74) is 5.93. The first kappa shape index (κ1) is 21.8. The van der Waals surface area contributed by atoms with Crippen LogP contribution in [0.25, 0.3) is 11.3 Å². The van der Waals surface area contributed by atoms with Crippen LogP contribution >= 0.6 is 11.6 Å². The highest BCUT2D eigenvalue weighted by molar-refractivity contribution is 6.24. The molecule has 1 aromatic carbocycles. The minimum Gasteiger partial charge on any atom is -0.493 e. The molecular formula is C24H34ClNO. The van der Waals surface area contributed by atoms with Crippen LogP contribution in [0.1, 0.15) is 77.0 Å². The highest BCUT2D eigenvalue weighted by atomic mass is 35.5. The molecule has 1 heterocycles. The Morgan fingerprint density at radius 1 is 0.963 bits per heavy atom. The number of ether oxygens (including phenoxy) is 1. The Balaban J connectivity index is 2.63. The number of nitrogens with zero attached hydrogens (tertiary/aromatic N) is 1. The molecule has 0 aliphatic rings. The van der Waals surface area contributed by atoms with Gasteiger partial charge >= 0.3 is 0 Å². The highest BCUT2D eigenvalue weighted by Crippen LogP contribution is 2.44. The van der Waals surface area contributed by atoms with Gasteiger partial charge in [-0.3, -0.25) is 4.98 Å². The van der Waals surface area contributed by atoms with Crippen LogP contribution in [0.15, 0.2) is 30.5 Å². The fraction of sp³-hybridized carbons (Fsp3) is 0.542. The number of halogens is 1. The maximum absolute atomic E-state index is 7.10. The van der Waals surface area contributed by atoms with Crippen LogP contribution in [0.2, 0.25) is 0 Å². The monoisotopic (exact) mass is 387 g/mol. The molecule has 27 heavy (non-hydrogen) atoms. The summed E-state index contributed by atoms with van der Waals surface area (Å²) >= 11 is 7.10. The van der Waals surface area contributed by atoms with E-state index >= 15 is 0 Å². The number of benzene rings is 1. The van der Waals surface area contributed by atoms with E-state index in [4.69, 9.17) is 21.3 Å². The smallest absolute Gasteiger partial charge is 0.127 e. The summed E-state index contributed by atoms with van der Waals surface area (Å²) in [4.78, 5) is 4.47. The van der Waals surface area contributed by atoms with Gasteiger partial charge in [-0.05, 0) is 43.7 Å². The normalized spacial score (nSPS) is 11.6. The van der Waals surface area contributed by atoms with Crippen LogP contribution in [0.4, 0.5) is 0 Å². The van der Waals surface area contributed by atoms with Gasteiger partial charge in [0.25, 0.3) is 0 Å². The zero-order valence-electron chi connectivity index (χ0n) is 17.6. The number of aryl methyl sites for hydroxylation is 2. The van der Waals surface area contributed by atoms with E-state index in [1.54, 1.807) is 0 Å². The van der Waals surface area contributed by atoms with Gasteiger partial charge in [-0.1, -0.05) is 58.7 Å². The molecule has 0 unspecified atom stereocenters. The third-order valence-corrected chi connectivity index (χ3v) is 5.78. The third kappa shape index (κ3) is 4.85. The molecule has 0 fully saturated rings. The average molecular weight is 388 g/mol. The van der Waals surface area contributed by atoms with E-state index in [0.717, 1.165) is 55.5 Å². The first-order valence-corrected chi connectivity index (χ1v) is 10.9. The maximum Gasteiger partial charge on any atom is 0.127 e. The number of aromatic nitrogens is 1. The summed E-state index contributed by atoms with van der Waals surface area (Å²) in [5.74, 6) is 0.882. The number of hydrogen-bond acceptors (Lipinski definition) is 2. The lowest BCUT2D eigenvalue weighted by molar-refractivity contribution is 0.328. The Morgan fingerprint density at radius 2 is 1.56 bits per heavy atom. The second-order valence-electron chi connectivity index (χ2n) is 7.12. The van der Waals surface area contributed by atoms with Gasteiger partial charge < -0.3 is 4.74 Å². The molecular weight excluding hydrogens is 354 g/mol. The minimum absolute atomic E-state index is 0.405. The second-order valence-corrected chi connectivity index (χ2v) is 7.85. The van der Waals surface area contributed by atoms with Crippen molar-refractivity contribution < 1.29 is 4.74 Å². The van der Waals surface area contributed by atoms with Gasteiger partial charge in [0.2, 0.25) is 0 Å². The maximum atomic E-state index is 7.10. The van der Waals surface area contributed by atoms with E-state index in [9.17, 15) is 0 Å². The number of rotatable bonds is 10. The average Bonchev–Trinajstić information content (AvgIpc) is 2.67. The molecule has 0 amide bonds. The molecule has 0 aliphatic heterocycles. The molecule has 2 nitrogen and oxygen atoms in total. The summed E-state index contributed by atoms with van der Waals surface area (Å²) in [6.45, 7) is 11.4. The van der Waals surface area contributed by atoms with Crippen LogP contribution in [0.5, 0.6) is 5.75 Å². The molecule has 0 saturated carbocycles. The molecule has 0 saturated heterocycles. The topological polar surface area (TPSA) is 22.1 Å². The van der Waals surface area contributed by atoms with Gasteiger partial charge in [-0.25, -0.2) is 0 Å². The van der Waals surface area contributed by atoms with Crippen molar-refractivity contribution in [2.24, 2.45) is 0 Å². The molecule has 0 atom stereocenters. The van der Waals surface area contributed by atoms with Gasteiger partial charge in [0.1, 0.15) is 5.75 Å². The van der Waals surface area contributed by atoms with Crippen molar-refractivity contribution in [1.29, 1.82) is 0 Å². The van der Waals surface area contributed by atoms with Crippen molar-refractivity contribution in [3.05, 3.63) is 47.2 Å².